The van der Waals surface area contributed by atoms with Crippen molar-refractivity contribution in [3.8, 4) is 0 Å². The molecule has 0 bridgehead atoms. The molecule has 2 aromatic rings. The molecule has 0 aliphatic carbocycles. The van der Waals surface area contributed by atoms with Crippen molar-refractivity contribution in [3.63, 3.8) is 0 Å². The Bertz CT molecular complexity index is 843. The van der Waals surface area contributed by atoms with Crippen LogP contribution in [0.1, 0.15) is 24.1 Å². The lowest BCUT2D eigenvalue weighted by atomic mass is 9.98. The largest absolute Gasteiger partial charge is 0.279 e. The minimum atomic E-state index is -0.570. The van der Waals surface area contributed by atoms with E-state index in [2.05, 4.69) is 33.9 Å². The molecule has 128 valence electrons. The molecular formula is C19H18F2N4. The summed E-state index contributed by atoms with van der Waals surface area (Å²) in [6.07, 6.45) is 5.27. The monoisotopic (exact) mass is 340 g/mol. The quantitative estimate of drug-likeness (QED) is 0.831. The molecule has 1 aromatic heterocycles. The minimum Gasteiger partial charge on any atom is -0.279 e. The zero-order valence-corrected chi connectivity index (χ0v) is 13.6. The van der Waals surface area contributed by atoms with E-state index in [1.54, 1.807) is 6.20 Å². The van der Waals surface area contributed by atoms with Crippen LogP contribution in [0.25, 0.3) is 5.57 Å². The summed E-state index contributed by atoms with van der Waals surface area (Å²) in [6, 6.07) is 5.40. The Balaban J connectivity index is 1.67. The molecule has 0 amide bonds. The Morgan fingerprint density at radius 2 is 1.88 bits per heavy atom. The lowest BCUT2D eigenvalue weighted by Crippen LogP contribution is -2.17. The summed E-state index contributed by atoms with van der Waals surface area (Å²) < 4.78 is 26.5. The van der Waals surface area contributed by atoms with Crippen molar-refractivity contribution in [2.75, 3.05) is 0 Å². The first-order valence-corrected chi connectivity index (χ1v) is 7.86. The van der Waals surface area contributed by atoms with Gasteiger partial charge in [0.2, 0.25) is 0 Å². The Kier molecular flexibility index (Phi) is 4.88. The number of rotatable bonds is 6. The maximum absolute atomic E-state index is 13.3. The van der Waals surface area contributed by atoms with E-state index >= 15 is 0 Å². The second-order valence-corrected chi connectivity index (χ2v) is 5.89. The highest BCUT2D eigenvalue weighted by Gasteiger charge is 2.13. The van der Waals surface area contributed by atoms with E-state index in [0.29, 0.717) is 30.5 Å². The van der Waals surface area contributed by atoms with Gasteiger partial charge < -0.3 is 0 Å². The summed E-state index contributed by atoms with van der Waals surface area (Å²) in [5.41, 5.74) is 7.73. The van der Waals surface area contributed by atoms with Crippen LogP contribution in [0.2, 0.25) is 0 Å². The van der Waals surface area contributed by atoms with Crippen molar-refractivity contribution in [1.82, 2.24) is 15.6 Å². The van der Waals surface area contributed by atoms with Crippen molar-refractivity contribution in [3.05, 3.63) is 83.9 Å². The van der Waals surface area contributed by atoms with Gasteiger partial charge in [0.1, 0.15) is 11.6 Å². The molecule has 2 heterocycles. The molecule has 0 fully saturated rings. The summed E-state index contributed by atoms with van der Waals surface area (Å²) in [7, 11) is 0. The molecule has 2 N–H and O–H groups in total. The SMILES string of the molecule is C=C1NN=C(CCc2cc(F)cc(F)c2)C=C1CC(=C)c1ccn[nH]1. The molecule has 1 aliphatic rings. The van der Waals surface area contributed by atoms with E-state index < -0.39 is 11.6 Å². The molecule has 0 spiro atoms. The number of aryl methyl sites for hydroxylation is 1. The lowest BCUT2D eigenvalue weighted by molar-refractivity contribution is 0.579. The van der Waals surface area contributed by atoms with Crippen LogP contribution in [0.3, 0.4) is 0 Å². The molecule has 0 saturated heterocycles. The normalized spacial score (nSPS) is 13.9. The topological polar surface area (TPSA) is 53.1 Å². The van der Waals surface area contributed by atoms with Gasteiger partial charge in [-0.15, -0.1) is 0 Å². The maximum atomic E-state index is 13.3. The highest BCUT2D eigenvalue weighted by atomic mass is 19.1. The highest BCUT2D eigenvalue weighted by molar-refractivity contribution is 5.97. The van der Waals surface area contributed by atoms with Crippen LogP contribution < -0.4 is 5.43 Å². The van der Waals surface area contributed by atoms with Crippen LogP contribution in [-0.4, -0.2) is 15.9 Å². The van der Waals surface area contributed by atoms with Crippen molar-refractivity contribution < 1.29 is 8.78 Å². The first kappa shape index (κ1) is 16.8. The molecule has 6 heteroatoms. The van der Waals surface area contributed by atoms with Crippen LogP contribution >= 0.6 is 0 Å². The Morgan fingerprint density at radius 1 is 1.12 bits per heavy atom. The van der Waals surface area contributed by atoms with Crippen LogP contribution in [0, 0.1) is 11.6 Å². The number of H-pyrrole nitrogens is 1. The number of halogens is 2. The first-order chi connectivity index (χ1) is 12.0. The second kappa shape index (κ2) is 7.25. The number of aromatic amines is 1. The molecule has 0 radical (unpaired) electrons. The van der Waals surface area contributed by atoms with Crippen molar-refractivity contribution in [1.29, 1.82) is 0 Å². The van der Waals surface area contributed by atoms with E-state index in [-0.39, 0.29) is 0 Å². The summed E-state index contributed by atoms with van der Waals surface area (Å²) in [5.74, 6) is -1.14. The molecule has 25 heavy (non-hydrogen) atoms. The van der Waals surface area contributed by atoms with E-state index in [4.69, 9.17) is 0 Å². The number of hydrazone groups is 1. The van der Waals surface area contributed by atoms with Gasteiger partial charge in [-0.3, -0.25) is 10.5 Å². The fraction of sp³-hybridized carbons (Fsp3) is 0.158. The summed E-state index contributed by atoms with van der Waals surface area (Å²) in [5, 5.41) is 11.0. The van der Waals surface area contributed by atoms with Crippen molar-refractivity contribution >= 4 is 11.3 Å². The summed E-state index contributed by atoms with van der Waals surface area (Å²) in [4.78, 5) is 0. The molecule has 0 saturated carbocycles. The van der Waals surface area contributed by atoms with E-state index in [9.17, 15) is 8.78 Å². The molecule has 1 aromatic carbocycles. The van der Waals surface area contributed by atoms with Crippen LogP contribution in [-0.2, 0) is 6.42 Å². The molecule has 1 aliphatic heterocycles. The summed E-state index contributed by atoms with van der Waals surface area (Å²) >= 11 is 0. The molecule has 3 rings (SSSR count). The highest BCUT2D eigenvalue weighted by Crippen LogP contribution is 2.24. The minimum absolute atomic E-state index is 0.493. The van der Waals surface area contributed by atoms with Gasteiger partial charge in [-0.05, 0) is 53.8 Å². The third-order valence-corrected chi connectivity index (χ3v) is 3.94. The maximum Gasteiger partial charge on any atom is 0.126 e. The van der Waals surface area contributed by atoms with Crippen molar-refractivity contribution in [2.24, 2.45) is 5.10 Å². The number of aromatic nitrogens is 2. The molecule has 0 unspecified atom stereocenters. The average molecular weight is 340 g/mol. The molecular weight excluding hydrogens is 322 g/mol. The Hall–Kier alpha value is -3.02. The van der Waals surface area contributed by atoms with Crippen LogP contribution in [0.15, 0.2) is 66.1 Å². The van der Waals surface area contributed by atoms with Crippen molar-refractivity contribution in [2.45, 2.75) is 19.3 Å². The predicted octanol–water partition coefficient (Wildman–Crippen LogP) is 4.12. The predicted molar refractivity (Wildman–Crippen MR) is 94.7 cm³/mol. The zero-order valence-electron chi connectivity index (χ0n) is 13.6. The zero-order chi connectivity index (χ0) is 17.8. The fourth-order valence-corrected chi connectivity index (χ4v) is 2.62. The lowest BCUT2D eigenvalue weighted by Gasteiger charge is -2.17. The smallest absolute Gasteiger partial charge is 0.126 e. The van der Waals surface area contributed by atoms with E-state index in [1.165, 1.54) is 12.1 Å². The van der Waals surface area contributed by atoms with Gasteiger partial charge in [-0.25, -0.2) is 8.78 Å². The number of hydrogen-bond donors (Lipinski definition) is 2. The number of hydrogen-bond acceptors (Lipinski definition) is 3. The average Bonchev–Trinajstić information content (AvgIpc) is 3.09. The standard InChI is InChI=1S/C19H18F2N4/c1-12(19-5-6-22-25-19)7-15-10-18(24-23-13(15)2)4-3-14-8-16(20)11-17(21)9-14/h5-6,8-11,23H,1-4,7H2,(H,22,25). The van der Waals surface area contributed by atoms with Crippen LogP contribution in [0.4, 0.5) is 8.78 Å². The van der Waals surface area contributed by atoms with Gasteiger partial charge in [0.05, 0.1) is 17.1 Å². The third-order valence-electron chi connectivity index (χ3n) is 3.94. The first-order valence-electron chi connectivity index (χ1n) is 7.86. The van der Waals surface area contributed by atoms with Gasteiger partial charge in [0.15, 0.2) is 0 Å². The number of nitrogens with zero attached hydrogens (tertiary/aromatic N) is 2. The summed E-state index contributed by atoms with van der Waals surface area (Å²) in [6.45, 7) is 8.01. The second-order valence-electron chi connectivity index (χ2n) is 5.89. The van der Waals surface area contributed by atoms with Gasteiger partial charge in [-0.1, -0.05) is 13.2 Å². The molecule has 4 nitrogen and oxygen atoms in total. The van der Waals surface area contributed by atoms with Gasteiger partial charge in [-0.2, -0.15) is 10.2 Å². The Labute approximate surface area is 144 Å². The van der Waals surface area contributed by atoms with Gasteiger partial charge in [0.25, 0.3) is 0 Å². The fourth-order valence-electron chi connectivity index (χ4n) is 2.62. The number of benzene rings is 1. The molecule has 0 atom stereocenters. The van der Waals surface area contributed by atoms with Gasteiger partial charge in [0, 0.05) is 18.7 Å². The Morgan fingerprint density at radius 3 is 2.56 bits per heavy atom. The number of nitrogens with one attached hydrogen (secondary N) is 2. The van der Waals surface area contributed by atoms with E-state index in [1.807, 2.05) is 12.1 Å². The van der Waals surface area contributed by atoms with E-state index in [0.717, 1.165) is 28.6 Å². The number of allylic oxidation sites excluding steroid dienone is 3. The third kappa shape index (κ3) is 4.29. The van der Waals surface area contributed by atoms with Gasteiger partial charge >= 0.3 is 0 Å². The van der Waals surface area contributed by atoms with Crippen LogP contribution in [0.5, 0.6) is 0 Å².